The maximum Gasteiger partial charge on any atom is 0.220 e. The molecule has 1 heterocycles. The number of amides is 1. The largest absolute Gasteiger partial charge is 0.497 e. The Balaban J connectivity index is 0.00000392. The van der Waals surface area contributed by atoms with Crippen molar-refractivity contribution in [3.05, 3.63) is 29.8 Å². The van der Waals surface area contributed by atoms with Crippen LogP contribution in [0, 0.1) is 5.92 Å². The van der Waals surface area contributed by atoms with Gasteiger partial charge in [0, 0.05) is 26.1 Å². The van der Waals surface area contributed by atoms with E-state index in [1.807, 2.05) is 24.3 Å². The molecule has 1 aromatic rings. The zero-order valence-corrected chi connectivity index (χ0v) is 19.3. The smallest absolute Gasteiger partial charge is 0.220 e. The summed E-state index contributed by atoms with van der Waals surface area (Å²) in [6, 6.07) is 8.00. The number of rotatable bonds is 9. The van der Waals surface area contributed by atoms with Crippen molar-refractivity contribution in [2.45, 2.75) is 32.2 Å². The van der Waals surface area contributed by atoms with Crippen molar-refractivity contribution in [1.29, 1.82) is 0 Å². The molecule has 0 aromatic heterocycles. The first-order valence-electron chi connectivity index (χ1n) is 9.71. The van der Waals surface area contributed by atoms with Crippen molar-refractivity contribution >= 4 is 35.8 Å². The monoisotopic (exact) mass is 503 g/mol. The summed E-state index contributed by atoms with van der Waals surface area (Å²) in [6.45, 7) is 4.64. The molecule has 0 unspecified atom stereocenters. The summed E-state index contributed by atoms with van der Waals surface area (Å²) in [5.74, 6) is 1.60. The molecule has 28 heavy (non-hydrogen) atoms. The number of carbonyl (C=O) groups is 1. The highest BCUT2D eigenvalue weighted by molar-refractivity contribution is 14.0. The van der Waals surface area contributed by atoms with Gasteiger partial charge in [-0.3, -0.25) is 9.79 Å². The number of primary amides is 1. The van der Waals surface area contributed by atoms with Gasteiger partial charge in [0.1, 0.15) is 5.75 Å². The van der Waals surface area contributed by atoms with Crippen LogP contribution >= 0.6 is 24.0 Å². The second kappa shape index (κ2) is 13.6. The van der Waals surface area contributed by atoms with Crippen molar-refractivity contribution in [2.75, 3.05) is 40.3 Å². The Morgan fingerprint density at radius 1 is 1.21 bits per heavy atom. The second-order valence-electron chi connectivity index (χ2n) is 6.93. The van der Waals surface area contributed by atoms with Crippen LogP contribution in [0.4, 0.5) is 0 Å². The van der Waals surface area contributed by atoms with E-state index in [-0.39, 0.29) is 35.8 Å². The highest BCUT2D eigenvalue weighted by atomic mass is 127. The maximum absolute atomic E-state index is 11.2. The zero-order chi connectivity index (χ0) is 19.5. The summed E-state index contributed by atoms with van der Waals surface area (Å²) in [7, 11) is 3.45. The van der Waals surface area contributed by atoms with E-state index in [9.17, 15) is 4.79 Å². The number of hydrogen-bond donors (Lipinski definition) is 3. The van der Waals surface area contributed by atoms with Gasteiger partial charge in [-0.15, -0.1) is 24.0 Å². The molecule has 0 aliphatic carbocycles. The van der Waals surface area contributed by atoms with Gasteiger partial charge in [0.05, 0.1) is 7.11 Å². The standard InChI is InChI=1S/C20H33N5O2.HI/c1-22-20(24-15-16-5-7-18(27-2)8-6-16)23-11-3-4-12-25-13-9-17(10-14-25)19(21)26;/h5-8,17H,3-4,9-15H2,1-2H3,(H2,21,26)(H2,22,23,24);1H. The number of carbonyl (C=O) groups excluding carboxylic acids is 1. The van der Waals surface area contributed by atoms with E-state index in [0.29, 0.717) is 0 Å². The maximum atomic E-state index is 11.2. The number of halogens is 1. The van der Waals surface area contributed by atoms with Gasteiger partial charge < -0.3 is 26.0 Å². The summed E-state index contributed by atoms with van der Waals surface area (Å²) < 4.78 is 5.17. The fourth-order valence-corrected chi connectivity index (χ4v) is 3.26. The number of nitrogens with one attached hydrogen (secondary N) is 2. The van der Waals surface area contributed by atoms with E-state index in [1.165, 1.54) is 5.56 Å². The predicted octanol–water partition coefficient (Wildman–Crippen LogP) is 1.96. The number of piperidine rings is 1. The first kappa shape index (κ1) is 24.5. The minimum Gasteiger partial charge on any atom is -0.497 e. The summed E-state index contributed by atoms with van der Waals surface area (Å²) >= 11 is 0. The van der Waals surface area contributed by atoms with Crippen LogP contribution in [0.3, 0.4) is 0 Å². The number of methoxy groups -OCH3 is 1. The molecule has 7 nitrogen and oxygen atoms in total. The Hall–Kier alpha value is -1.55. The lowest BCUT2D eigenvalue weighted by atomic mass is 9.96. The first-order valence-corrected chi connectivity index (χ1v) is 9.71. The molecule has 8 heteroatoms. The first-order chi connectivity index (χ1) is 13.1. The molecule has 1 aromatic carbocycles. The quantitative estimate of drug-likeness (QED) is 0.208. The molecule has 0 bridgehead atoms. The third kappa shape index (κ3) is 8.64. The molecule has 158 valence electrons. The van der Waals surface area contributed by atoms with E-state index in [4.69, 9.17) is 10.5 Å². The molecular weight excluding hydrogens is 469 g/mol. The average molecular weight is 503 g/mol. The third-order valence-corrected chi connectivity index (χ3v) is 5.03. The van der Waals surface area contributed by atoms with Gasteiger partial charge in [-0.1, -0.05) is 12.1 Å². The van der Waals surface area contributed by atoms with Crippen LogP contribution in [-0.2, 0) is 11.3 Å². The molecule has 4 N–H and O–H groups in total. The van der Waals surface area contributed by atoms with Gasteiger partial charge in [0.2, 0.25) is 5.91 Å². The van der Waals surface area contributed by atoms with Crippen molar-refractivity contribution in [3.63, 3.8) is 0 Å². The van der Waals surface area contributed by atoms with Crippen molar-refractivity contribution in [2.24, 2.45) is 16.6 Å². The molecule has 0 saturated carbocycles. The van der Waals surface area contributed by atoms with Crippen LogP contribution in [0.2, 0.25) is 0 Å². The summed E-state index contributed by atoms with van der Waals surface area (Å²) in [5.41, 5.74) is 6.56. The second-order valence-corrected chi connectivity index (χ2v) is 6.93. The predicted molar refractivity (Wildman–Crippen MR) is 124 cm³/mol. The topological polar surface area (TPSA) is 92.0 Å². The Morgan fingerprint density at radius 3 is 2.46 bits per heavy atom. The molecule has 1 fully saturated rings. The summed E-state index contributed by atoms with van der Waals surface area (Å²) in [4.78, 5) is 17.9. The molecule has 0 spiro atoms. The van der Waals surface area contributed by atoms with Gasteiger partial charge in [-0.2, -0.15) is 0 Å². The molecule has 0 atom stereocenters. The molecule has 1 amide bonds. The minimum atomic E-state index is -0.146. The van der Waals surface area contributed by atoms with Crippen LogP contribution < -0.4 is 21.1 Å². The fourth-order valence-electron chi connectivity index (χ4n) is 3.26. The molecule has 1 aliphatic rings. The van der Waals surface area contributed by atoms with Crippen LogP contribution in [0.15, 0.2) is 29.3 Å². The average Bonchev–Trinajstić information content (AvgIpc) is 2.70. The molecule has 1 aliphatic heterocycles. The van der Waals surface area contributed by atoms with Gasteiger partial charge in [-0.25, -0.2) is 0 Å². The number of unbranched alkanes of at least 4 members (excludes halogenated alkanes) is 1. The van der Waals surface area contributed by atoms with Crippen molar-refractivity contribution in [3.8, 4) is 5.75 Å². The number of aliphatic imine (C=N–C) groups is 1. The van der Waals surface area contributed by atoms with Crippen LogP contribution in [0.5, 0.6) is 5.75 Å². The molecule has 1 saturated heterocycles. The highest BCUT2D eigenvalue weighted by Gasteiger charge is 2.22. The highest BCUT2D eigenvalue weighted by Crippen LogP contribution is 2.16. The van der Waals surface area contributed by atoms with E-state index in [2.05, 4.69) is 20.5 Å². The third-order valence-electron chi connectivity index (χ3n) is 5.03. The van der Waals surface area contributed by atoms with Gasteiger partial charge in [0.25, 0.3) is 0 Å². The van der Waals surface area contributed by atoms with Crippen LogP contribution in [0.25, 0.3) is 0 Å². The van der Waals surface area contributed by atoms with E-state index < -0.39 is 0 Å². The number of ether oxygens (including phenoxy) is 1. The van der Waals surface area contributed by atoms with E-state index >= 15 is 0 Å². The summed E-state index contributed by atoms with van der Waals surface area (Å²) in [6.07, 6.45) is 4.01. The number of nitrogens with two attached hydrogens (primary N) is 1. The van der Waals surface area contributed by atoms with Crippen LogP contribution in [0.1, 0.15) is 31.2 Å². The van der Waals surface area contributed by atoms with E-state index in [1.54, 1.807) is 14.2 Å². The van der Waals surface area contributed by atoms with Gasteiger partial charge >= 0.3 is 0 Å². The SMILES string of the molecule is CN=C(NCCCCN1CCC(C(N)=O)CC1)NCc1ccc(OC)cc1.I. The van der Waals surface area contributed by atoms with Crippen molar-refractivity contribution in [1.82, 2.24) is 15.5 Å². The minimum absolute atomic E-state index is 0. The zero-order valence-electron chi connectivity index (χ0n) is 16.9. The van der Waals surface area contributed by atoms with Gasteiger partial charge in [-0.05, 0) is 63.0 Å². The normalized spacial score (nSPS) is 15.6. The number of benzene rings is 1. The molecule has 2 rings (SSSR count). The Labute approximate surface area is 185 Å². The lowest BCUT2D eigenvalue weighted by molar-refractivity contribution is -0.123. The lowest BCUT2D eigenvalue weighted by Crippen LogP contribution is -2.39. The van der Waals surface area contributed by atoms with Crippen LogP contribution in [-0.4, -0.2) is 57.1 Å². The van der Waals surface area contributed by atoms with Gasteiger partial charge in [0.15, 0.2) is 5.96 Å². The lowest BCUT2D eigenvalue weighted by Gasteiger charge is -2.30. The van der Waals surface area contributed by atoms with Crippen molar-refractivity contribution < 1.29 is 9.53 Å². The number of hydrogen-bond acceptors (Lipinski definition) is 4. The number of guanidine groups is 1. The Bertz CT molecular complexity index is 601. The fraction of sp³-hybridized carbons (Fsp3) is 0.600. The Kier molecular flexibility index (Phi) is 11.9. The number of likely N-dealkylation sites (tertiary alicyclic amines) is 1. The number of nitrogens with zero attached hydrogens (tertiary/aromatic N) is 2. The summed E-state index contributed by atoms with van der Waals surface area (Å²) in [5, 5.41) is 6.68. The van der Waals surface area contributed by atoms with E-state index in [0.717, 1.165) is 70.1 Å². The molecule has 0 radical (unpaired) electrons. The molecular formula is C20H34IN5O2. The Morgan fingerprint density at radius 2 is 1.89 bits per heavy atom.